The molecule has 2 rings (SSSR count). The van der Waals surface area contributed by atoms with E-state index in [-0.39, 0.29) is 11.4 Å². The Kier molecular flexibility index (Phi) is 2.72. The zero-order chi connectivity index (χ0) is 10.9. The highest BCUT2D eigenvalue weighted by atomic mass is 32.2. The molecule has 0 aromatic carbocycles. The maximum atomic E-state index is 12.0. The molecule has 2 heterocycles. The molecule has 0 unspecified atom stereocenters. The molecule has 0 saturated carbocycles. The molecule has 0 bridgehead atoms. The standard InChI is InChI=1S/C9H12N2O3S/c12-8-3-5-11(7-8)15(13,14)9-2-1-4-10-6-9/h1-2,4,6,8,12H,3,5,7H2/t8-/m1/s1. The Bertz CT molecular complexity index is 432. The largest absolute Gasteiger partial charge is 0.392 e. The quantitative estimate of drug-likeness (QED) is 0.763. The van der Waals surface area contributed by atoms with E-state index < -0.39 is 16.1 Å². The van der Waals surface area contributed by atoms with Gasteiger partial charge in [-0.05, 0) is 18.6 Å². The highest BCUT2D eigenvalue weighted by Gasteiger charge is 2.31. The molecule has 1 aliphatic heterocycles. The predicted octanol–water partition coefficient (Wildman–Crippen LogP) is -0.163. The van der Waals surface area contributed by atoms with Crippen molar-refractivity contribution >= 4 is 10.0 Å². The third kappa shape index (κ3) is 2.01. The topological polar surface area (TPSA) is 70.5 Å². The van der Waals surface area contributed by atoms with Gasteiger partial charge in [-0.3, -0.25) is 4.98 Å². The minimum atomic E-state index is -3.46. The Hall–Kier alpha value is -0.980. The maximum Gasteiger partial charge on any atom is 0.244 e. The van der Waals surface area contributed by atoms with Crippen LogP contribution in [0.5, 0.6) is 0 Å². The lowest BCUT2D eigenvalue weighted by Crippen LogP contribution is -2.29. The first-order valence-corrected chi connectivity index (χ1v) is 6.13. The van der Waals surface area contributed by atoms with E-state index >= 15 is 0 Å². The molecule has 5 nitrogen and oxygen atoms in total. The maximum absolute atomic E-state index is 12.0. The van der Waals surface area contributed by atoms with E-state index in [0.717, 1.165) is 0 Å². The fourth-order valence-corrected chi connectivity index (χ4v) is 3.03. The van der Waals surface area contributed by atoms with E-state index in [1.807, 2.05) is 0 Å². The van der Waals surface area contributed by atoms with Gasteiger partial charge in [-0.2, -0.15) is 4.31 Å². The van der Waals surface area contributed by atoms with Crippen LogP contribution in [-0.4, -0.2) is 42.0 Å². The summed E-state index contributed by atoms with van der Waals surface area (Å²) < 4.78 is 25.2. The molecule has 1 aromatic rings. The van der Waals surface area contributed by atoms with Crippen molar-refractivity contribution in [2.45, 2.75) is 17.4 Å². The second-order valence-corrected chi connectivity index (χ2v) is 5.43. The van der Waals surface area contributed by atoms with E-state index in [4.69, 9.17) is 0 Å². The summed E-state index contributed by atoms with van der Waals surface area (Å²) in [4.78, 5) is 3.95. The number of rotatable bonds is 2. The first-order chi connectivity index (χ1) is 7.10. The highest BCUT2D eigenvalue weighted by molar-refractivity contribution is 7.89. The van der Waals surface area contributed by atoms with Crippen LogP contribution in [0.2, 0.25) is 0 Å². The van der Waals surface area contributed by atoms with E-state index in [9.17, 15) is 13.5 Å². The minimum Gasteiger partial charge on any atom is -0.392 e. The van der Waals surface area contributed by atoms with E-state index in [1.54, 1.807) is 6.07 Å². The van der Waals surface area contributed by atoms with Crippen LogP contribution in [0, 0.1) is 0 Å². The first kappa shape index (κ1) is 10.5. The Morgan fingerprint density at radius 3 is 2.87 bits per heavy atom. The van der Waals surface area contributed by atoms with Crippen molar-refractivity contribution in [3.8, 4) is 0 Å². The number of β-amino-alcohol motifs (C(OH)–C–C–N with tert-alkyl or cyclic N) is 1. The van der Waals surface area contributed by atoms with Gasteiger partial charge in [0.1, 0.15) is 4.90 Å². The number of aromatic nitrogens is 1. The normalized spacial score (nSPS) is 23.1. The van der Waals surface area contributed by atoms with Crippen molar-refractivity contribution in [1.82, 2.24) is 9.29 Å². The lowest BCUT2D eigenvalue weighted by atomic mass is 10.3. The van der Waals surface area contributed by atoms with Crippen LogP contribution in [0.15, 0.2) is 29.4 Å². The first-order valence-electron chi connectivity index (χ1n) is 4.69. The SMILES string of the molecule is O=S(=O)(c1cccnc1)N1CC[C@@H](O)C1. The van der Waals surface area contributed by atoms with Crippen molar-refractivity contribution in [1.29, 1.82) is 0 Å². The summed E-state index contributed by atoms with van der Waals surface area (Å²) in [7, 11) is -3.46. The lowest BCUT2D eigenvalue weighted by Gasteiger charge is -2.14. The molecule has 0 amide bonds. The number of sulfonamides is 1. The van der Waals surface area contributed by atoms with Crippen molar-refractivity contribution < 1.29 is 13.5 Å². The molecule has 0 spiro atoms. The van der Waals surface area contributed by atoms with Crippen LogP contribution in [0.1, 0.15) is 6.42 Å². The van der Waals surface area contributed by atoms with Crippen molar-refractivity contribution in [2.24, 2.45) is 0 Å². The number of hydrogen-bond donors (Lipinski definition) is 1. The van der Waals surface area contributed by atoms with E-state index in [1.165, 1.54) is 22.8 Å². The molecule has 1 aromatic heterocycles. The summed E-state index contributed by atoms with van der Waals surface area (Å²) >= 11 is 0. The summed E-state index contributed by atoms with van der Waals surface area (Å²) in [5.74, 6) is 0. The number of nitrogens with zero attached hydrogens (tertiary/aromatic N) is 2. The van der Waals surface area contributed by atoms with Gasteiger partial charge in [0.15, 0.2) is 0 Å². The average molecular weight is 228 g/mol. The third-order valence-corrected chi connectivity index (χ3v) is 4.25. The molecule has 15 heavy (non-hydrogen) atoms. The summed E-state index contributed by atoms with van der Waals surface area (Å²) in [6.07, 6.45) is 2.80. The van der Waals surface area contributed by atoms with Gasteiger partial charge in [0.25, 0.3) is 0 Å². The molecule has 1 aliphatic rings. The fraction of sp³-hybridized carbons (Fsp3) is 0.444. The van der Waals surface area contributed by atoms with Gasteiger partial charge in [-0.15, -0.1) is 0 Å². The Morgan fingerprint density at radius 2 is 2.33 bits per heavy atom. The second kappa shape index (κ2) is 3.88. The zero-order valence-corrected chi connectivity index (χ0v) is 8.89. The zero-order valence-electron chi connectivity index (χ0n) is 8.07. The van der Waals surface area contributed by atoms with Crippen molar-refractivity contribution in [3.05, 3.63) is 24.5 Å². The number of aliphatic hydroxyl groups excluding tert-OH is 1. The fourth-order valence-electron chi connectivity index (χ4n) is 1.58. The van der Waals surface area contributed by atoms with Gasteiger partial charge >= 0.3 is 0 Å². The van der Waals surface area contributed by atoms with Crippen LogP contribution in [0.4, 0.5) is 0 Å². The predicted molar refractivity (Wildman–Crippen MR) is 53.6 cm³/mol. The smallest absolute Gasteiger partial charge is 0.244 e. The average Bonchev–Trinajstić information content (AvgIpc) is 2.67. The summed E-state index contributed by atoms with van der Waals surface area (Å²) in [5, 5.41) is 9.29. The van der Waals surface area contributed by atoms with Crippen LogP contribution in [-0.2, 0) is 10.0 Å². The van der Waals surface area contributed by atoms with E-state index in [0.29, 0.717) is 13.0 Å². The van der Waals surface area contributed by atoms with Gasteiger partial charge in [0, 0.05) is 25.5 Å². The van der Waals surface area contributed by atoms with Gasteiger partial charge in [-0.25, -0.2) is 8.42 Å². The van der Waals surface area contributed by atoms with Crippen LogP contribution in [0.3, 0.4) is 0 Å². The molecule has 1 saturated heterocycles. The molecule has 1 N–H and O–H groups in total. The molecule has 1 fully saturated rings. The minimum absolute atomic E-state index is 0.178. The molecule has 82 valence electrons. The van der Waals surface area contributed by atoms with E-state index in [2.05, 4.69) is 4.98 Å². The number of hydrogen-bond acceptors (Lipinski definition) is 4. The van der Waals surface area contributed by atoms with Gasteiger partial charge in [-0.1, -0.05) is 0 Å². The third-order valence-electron chi connectivity index (χ3n) is 2.40. The van der Waals surface area contributed by atoms with Crippen LogP contribution >= 0.6 is 0 Å². The number of pyridine rings is 1. The summed E-state index contributed by atoms with van der Waals surface area (Å²) in [5.41, 5.74) is 0. The van der Waals surface area contributed by atoms with Crippen LogP contribution < -0.4 is 0 Å². The Morgan fingerprint density at radius 1 is 1.53 bits per heavy atom. The highest BCUT2D eigenvalue weighted by Crippen LogP contribution is 2.19. The molecule has 1 atom stereocenters. The van der Waals surface area contributed by atoms with Crippen molar-refractivity contribution in [3.63, 3.8) is 0 Å². The lowest BCUT2D eigenvalue weighted by molar-refractivity contribution is 0.189. The Balaban J connectivity index is 2.28. The van der Waals surface area contributed by atoms with Gasteiger partial charge in [0.2, 0.25) is 10.0 Å². The van der Waals surface area contributed by atoms with Crippen molar-refractivity contribution in [2.75, 3.05) is 13.1 Å². The number of aliphatic hydroxyl groups is 1. The summed E-state index contributed by atoms with van der Waals surface area (Å²) in [6.45, 7) is 0.551. The monoisotopic (exact) mass is 228 g/mol. The van der Waals surface area contributed by atoms with Gasteiger partial charge in [0.05, 0.1) is 6.10 Å². The second-order valence-electron chi connectivity index (χ2n) is 3.49. The van der Waals surface area contributed by atoms with Gasteiger partial charge < -0.3 is 5.11 Å². The summed E-state index contributed by atoms with van der Waals surface area (Å²) in [6, 6.07) is 3.09. The molecular formula is C9H12N2O3S. The Labute approximate surface area is 88.4 Å². The van der Waals surface area contributed by atoms with Crippen LogP contribution in [0.25, 0.3) is 0 Å². The molecule has 6 heteroatoms. The molecular weight excluding hydrogens is 216 g/mol. The molecule has 0 radical (unpaired) electrons. The molecule has 0 aliphatic carbocycles.